The molecule has 24 heavy (non-hydrogen) atoms. The summed E-state index contributed by atoms with van der Waals surface area (Å²) in [5, 5.41) is 11.0. The first-order valence-corrected chi connectivity index (χ1v) is 7.70. The van der Waals surface area contributed by atoms with Crippen LogP contribution >= 0.6 is 0 Å². The first-order valence-electron chi connectivity index (χ1n) is 7.70. The van der Waals surface area contributed by atoms with E-state index in [2.05, 4.69) is 4.98 Å². The molecule has 0 aliphatic carbocycles. The number of fused-ring (bicyclic) bond motifs is 1. The summed E-state index contributed by atoms with van der Waals surface area (Å²) in [4.78, 5) is 28.3. The molecule has 0 radical (unpaired) electrons. The Morgan fingerprint density at radius 2 is 2.17 bits per heavy atom. The monoisotopic (exact) mass is 327 g/mol. The summed E-state index contributed by atoms with van der Waals surface area (Å²) in [6.07, 6.45) is 3.11. The number of para-hydroxylation sites is 1. The number of carbonyl (C=O) groups excluding carboxylic acids is 1. The Hall–Kier alpha value is -2.96. The largest absolute Gasteiger partial charge is 0.476 e. The summed E-state index contributed by atoms with van der Waals surface area (Å²) in [5.41, 5.74) is 2.00. The number of aromatic nitrogens is 1. The Morgan fingerprint density at radius 1 is 1.38 bits per heavy atom. The molecule has 0 bridgehead atoms. The average molecular weight is 327 g/mol. The number of pyridine rings is 1. The lowest BCUT2D eigenvalue weighted by molar-refractivity contribution is -0.390. The number of rotatable bonds is 4. The van der Waals surface area contributed by atoms with E-state index < -0.39 is 10.7 Å². The lowest BCUT2D eigenvalue weighted by Crippen LogP contribution is -2.44. The van der Waals surface area contributed by atoms with Crippen molar-refractivity contribution in [2.24, 2.45) is 0 Å². The van der Waals surface area contributed by atoms with E-state index in [1.54, 1.807) is 4.90 Å². The van der Waals surface area contributed by atoms with Crippen molar-refractivity contribution in [3.8, 4) is 5.75 Å². The summed E-state index contributed by atoms with van der Waals surface area (Å²) in [7, 11) is 0. The van der Waals surface area contributed by atoms with Gasteiger partial charge in [-0.2, -0.15) is 0 Å². The van der Waals surface area contributed by atoms with Crippen molar-refractivity contribution >= 4 is 17.4 Å². The first-order chi connectivity index (χ1) is 11.6. The molecule has 2 heterocycles. The topological polar surface area (TPSA) is 85.6 Å². The van der Waals surface area contributed by atoms with Crippen molar-refractivity contribution in [2.45, 2.75) is 25.8 Å². The van der Waals surface area contributed by atoms with Crippen LogP contribution in [0.3, 0.4) is 0 Å². The van der Waals surface area contributed by atoms with Crippen molar-refractivity contribution < 1.29 is 14.5 Å². The molecular formula is C17H17N3O4. The fourth-order valence-corrected chi connectivity index (χ4v) is 2.91. The number of nitro groups is 1. The average Bonchev–Trinajstić information content (AvgIpc) is 2.59. The molecule has 0 saturated heterocycles. The zero-order valence-corrected chi connectivity index (χ0v) is 13.2. The SMILES string of the molecule is C[C@@H]1CCc2ccccc2N1C(=O)COc1cccnc1[N+](=O)[O-]. The summed E-state index contributed by atoms with van der Waals surface area (Å²) in [5.74, 6) is -0.626. The molecule has 0 unspecified atom stereocenters. The molecule has 124 valence electrons. The van der Waals surface area contributed by atoms with E-state index in [0.29, 0.717) is 0 Å². The second-order valence-corrected chi connectivity index (χ2v) is 5.65. The highest BCUT2D eigenvalue weighted by molar-refractivity contribution is 5.96. The zero-order chi connectivity index (χ0) is 17.1. The minimum atomic E-state index is -0.626. The predicted molar refractivity (Wildman–Crippen MR) is 88.1 cm³/mol. The van der Waals surface area contributed by atoms with Gasteiger partial charge in [0.15, 0.2) is 6.61 Å². The molecule has 1 aliphatic rings. The highest BCUT2D eigenvalue weighted by Crippen LogP contribution is 2.31. The van der Waals surface area contributed by atoms with Gasteiger partial charge in [-0.1, -0.05) is 18.2 Å². The molecule has 0 spiro atoms. The van der Waals surface area contributed by atoms with Crippen LogP contribution < -0.4 is 9.64 Å². The van der Waals surface area contributed by atoms with Gasteiger partial charge in [-0.05, 0) is 53.4 Å². The molecule has 7 heteroatoms. The van der Waals surface area contributed by atoms with Crippen molar-refractivity contribution in [1.82, 2.24) is 4.98 Å². The third-order valence-electron chi connectivity index (χ3n) is 4.07. The number of anilines is 1. The number of ether oxygens (including phenoxy) is 1. The van der Waals surface area contributed by atoms with Crippen molar-refractivity contribution in [1.29, 1.82) is 0 Å². The standard InChI is InChI=1S/C17H17N3O4/c1-12-8-9-13-5-2-3-6-14(13)19(12)16(21)11-24-15-7-4-10-18-17(15)20(22)23/h2-7,10,12H,8-9,11H2,1H3/t12-/m1/s1. The number of benzene rings is 1. The fourth-order valence-electron chi connectivity index (χ4n) is 2.91. The van der Waals surface area contributed by atoms with Crippen molar-refractivity contribution in [3.63, 3.8) is 0 Å². The van der Waals surface area contributed by atoms with Crippen LogP contribution in [-0.4, -0.2) is 28.5 Å². The molecule has 1 amide bonds. The third kappa shape index (κ3) is 3.05. The molecule has 1 aliphatic heterocycles. The third-order valence-corrected chi connectivity index (χ3v) is 4.07. The quantitative estimate of drug-likeness (QED) is 0.636. The summed E-state index contributed by atoms with van der Waals surface area (Å²) in [6.45, 7) is 1.71. The van der Waals surface area contributed by atoms with Crippen LogP contribution in [0.15, 0.2) is 42.6 Å². The minimum absolute atomic E-state index is 0.00574. The smallest absolute Gasteiger partial charge is 0.406 e. The van der Waals surface area contributed by atoms with E-state index >= 15 is 0 Å². The Bertz CT molecular complexity index is 778. The summed E-state index contributed by atoms with van der Waals surface area (Å²) in [6, 6.07) is 10.8. The number of hydrogen-bond donors (Lipinski definition) is 0. The van der Waals surface area contributed by atoms with E-state index in [1.807, 2.05) is 31.2 Å². The van der Waals surface area contributed by atoms with Gasteiger partial charge in [0.2, 0.25) is 5.75 Å². The normalized spacial score (nSPS) is 16.4. The Morgan fingerprint density at radius 3 is 2.96 bits per heavy atom. The minimum Gasteiger partial charge on any atom is -0.476 e. The molecule has 1 atom stereocenters. The van der Waals surface area contributed by atoms with Crippen molar-refractivity contribution in [2.75, 3.05) is 11.5 Å². The van der Waals surface area contributed by atoms with Crippen LogP contribution in [0.25, 0.3) is 0 Å². The molecular weight excluding hydrogens is 310 g/mol. The zero-order valence-electron chi connectivity index (χ0n) is 13.2. The molecule has 0 fully saturated rings. The molecule has 0 N–H and O–H groups in total. The van der Waals surface area contributed by atoms with Crippen molar-refractivity contribution in [3.05, 3.63) is 58.3 Å². The van der Waals surface area contributed by atoms with E-state index in [9.17, 15) is 14.9 Å². The van der Waals surface area contributed by atoms with Crippen LogP contribution in [0.5, 0.6) is 5.75 Å². The van der Waals surface area contributed by atoms with Gasteiger partial charge in [0.25, 0.3) is 5.91 Å². The van der Waals surface area contributed by atoms with E-state index in [4.69, 9.17) is 4.74 Å². The highest BCUT2D eigenvalue weighted by Gasteiger charge is 2.28. The van der Waals surface area contributed by atoms with Crippen LogP contribution in [-0.2, 0) is 11.2 Å². The lowest BCUT2D eigenvalue weighted by atomic mass is 9.96. The second kappa shape index (κ2) is 6.66. The number of carbonyl (C=O) groups is 1. The van der Waals surface area contributed by atoms with Gasteiger partial charge in [0, 0.05) is 11.7 Å². The summed E-state index contributed by atoms with van der Waals surface area (Å²) >= 11 is 0. The number of amides is 1. The molecule has 2 aromatic rings. The number of nitrogens with zero attached hydrogens (tertiary/aromatic N) is 3. The maximum absolute atomic E-state index is 12.6. The molecule has 3 rings (SSSR count). The first kappa shape index (κ1) is 15.9. The number of hydrogen-bond acceptors (Lipinski definition) is 5. The van der Waals surface area contributed by atoms with E-state index in [1.165, 1.54) is 18.3 Å². The van der Waals surface area contributed by atoms with E-state index in [0.717, 1.165) is 24.1 Å². The van der Waals surface area contributed by atoms with Gasteiger partial charge in [-0.3, -0.25) is 4.79 Å². The summed E-state index contributed by atoms with van der Waals surface area (Å²) < 4.78 is 5.38. The van der Waals surface area contributed by atoms with Gasteiger partial charge in [0.05, 0.1) is 0 Å². The Balaban J connectivity index is 1.78. The molecule has 7 nitrogen and oxygen atoms in total. The highest BCUT2D eigenvalue weighted by atomic mass is 16.6. The lowest BCUT2D eigenvalue weighted by Gasteiger charge is -2.35. The predicted octanol–water partition coefficient (Wildman–Crippen LogP) is 2.74. The maximum atomic E-state index is 12.6. The van der Waals surface area contributed by atoms with Gasteiger partial charge in [-0.15, -0.1) is 0 Å². The van der Waals surface area contributed by atoms with E-state index in [-0.39, 0.29) is 24.3 Å². The Kier molecular flexibility index (Phi) is 4.41. The molecule has 1 aromatic carbocycles. The van der Waals surface area contributed by atoms with Gasteiger partial charge in [0.1, 0.15) is 6.20 Å². The van der Waals surface area contributed by atoms with Crippen LogP contribution in [0.4, 0.5) is 11.5 Å². The van der Waals surface area contributed by atoms with Gasteiger partial charge < -0.3 is 19.8 Å². The fraction of sp³-hybridized carbons (Fsp3) is 0.294. The Labute approximate surface area is 139 Å². The van der Waals surface area contributed by atoms with Gasteiger partial charge >= 0.3 is 5.82 Å². The van der Waals surface area contributed by atoms with Gasteiger partial charge in [-0.25, -0.2) is 0 Å². The van der Waals surface area contributed by atoms with Crippen LogP contribution in [0.1, 0.15) is 18.9 Å². The maximum Gasteiger partial charge on any atom is 0.406 e. The molecule has 0 saturated carbocycles. The number of aryl methyl sites for hydroxylation is 1. The van der Waals surface area contributed by atoms with Crippen LogP contribution in [0, 0.1) is 10.1 Å². The van der Waals surface area contributed by atoms with Crippen LogP contribution in [0.2, 0.25) is 0 Å². The molecule has 1 aromatic heterocycles. The second-order valence-electron chi connectivity index (χ2n) is 5.65.